The SMILES string of the molecule is COCCn1nc(C(=O)NCC(C)N2CCc3sccc3C2)ccc1=O. The molecule has 7 nitrogen and oxygen atoms in total. The van der Waals surface area contributed by atoms with Gasteiger partial charge in [0.1, 0.15) is 5.69 Å². The molecule has 0 saturated heterocycles. The van der Waals surface area contributed by atoms with Crippen molar-refractivity contribution < 1.29 is 9.53 Å². The lowest BCUT2D eigenvalue weighted by Gasteiger charge is -2.32. The van der Waals surface area contributed by atoms with Crippen LogP contribution in [-0.4, -0.2) is 53.4 Å². The first-order valence-electron chi connectivity index (χ1n) is 8.73. The van der Waals surface area contributed by atoms with Crippen molar-refractivity contribution in [1.29, 1.82) is 0 Å². The van der Waals surface area contributed by atoms with Crippen molar-refractivity contribution in [2.45, 2.75) is 32.5 Å². The van der Waals surface area contributed by atoms with E-state index in [-0.39, 0.29) is 23.2 Å². The lowest BCUT2D eigenvalue weighted by Crippen LogP contribution is -2.44. The second-order valence-corrected chi connectivity index (χ2v) is 7.42. The van der Waals surface area contributed by atoms with E-state index in [2.05, 4.69) is 33.7 Å². The van der Waals surface area contributed by atoms with Crippen LogP contribution >= 0.6 is 11.3 Å². The number of amides is 1. The summed E-state index contributed by atoms with van der Waals surface area (Å²) < 4.78 is 6.22. The van der Waals surface area contributed by atoms with Gasteiger partial charge in [-0.05, 0) is 36.4 Å². The lowest BCUT2D eigenvalue weighted by atomic mass is 10.1. The van der Waals surface area contributed by atoms with E-state index in [0.29, 0.717) is 19.7 Å². The summed E-state index contributed by atoms with van der Waals surface area (Å²) in [5, 5.41) is 9.20. The molecule has 1 atom stereocenters. The normalized spacial score (nSPS) is 15.5. The van der Waals surface area contributed by atoms with Gasteiger partial charge in [0, 0.05) is 43.7 Å². The Morgan fingerprint density at radius 1 is 1.42 bits per heavy atom. The highest BCUT2D eigenvalue weighted by molar-refractivity contribution is 7.10. The standard InChI is InChI=1S/C18H24N4O3S/c1-13(21-7-5-16-14(12-21)6-10-26-16)11-19-18(24)15-3-4-17(23)22(20-15)8-9-25-2/h3-4,6,10,13H,5,7-9,11-12H2,1-2H3,(H,19,24). The highest BCUT2D eigenvalue weighted by Gasteiger charge is 2.22. The minimum Gasteiger partial charge on any atom is -0.383 e. The van der Waals surface area contributed by atoms with Gasteiger partial charge in [-0.3, -0.25) is 14.5 Å². The van der Waals surface area contributed by atoms with Crippen LogP contribution in [0.15, 0.2) is 28.4 Å². The number of carbonyl (C=O) groups is 1. The predicted octanol–water partition coefficient (Wildman–Crippen LogP) is 1.13. The third kappa shape index (κ3) is 4.38. The fraction of sp³-hybridized carbons (Fsp3) is 0.500. The molecular weight excluding hydrogens is 352 g/mol. The van der Waals surface area contributed by atoms with Gasteiger partial charge in [-0.1, -0.05) is 0 Å². The van der Waals surface area contributed by atoms with Gasteiger partial charge in [0.05, 0.1) is 13.2 Å². The maximum atomic E-state index is 12.4. The minimum absolute atomic E-state index is 0.228. The lowest BCUT2D eigenvalue weighted by molar-refractivity contribution is 0.0924. The topological polar surface area (TPSA) is 76.5 Å². The number of methoxy groups -OCH3 is 1. The fourth-order valence-corrected chi connectivity index (χ4v) is 3.90. The minimum atomic E-state index is -0.267. The molecule has 0 saturated carbocycles. The van der Waals surface area contributed by atoms with Crippen LogP contribution in [0.3, 0.4) is 0 Å². The van der Waals surface area contributed by atoms with Crippen molar-refractivity contribution >= 4 is 17.2 Å². The van der Waals surface area contributed by atoms with Crippen molar-refractivity contribution in [3.05, 3.63) is 50.1 Å². The third-order valence-electron chi connectivity index (χ3n) is 4.63. The van der Waals surface area contributed by atoms with E-state index < -0.39 is 0 Å². The molecular formula is C18H24N4O3S. The molecule has 140 valence electrons. The third-order valence-corrected chi connectivity index (χ3v) is 5.65. The molecule has 0 spiro atoms. The zero-order valence-electron chi connectivity index (χ0n) is 15.1. The number of hydrogen-bond donors (Lipinski definition) is 1. The summed E-state index contributed by atoms with van der Waals surface area (Å²) in [7, 11) is 1.56. The average Bonchev–Trinajstić information content (AvgIpc) is 3.13. The van der Waals surface area contributed by atoms with Gasteiger partial charge < -0.3 is 10.1 Å². The Labute approximate surface area is 156 Å². The highest BCUT2D eigenvalue weighted by atomic mass is 32.1. The Morgan fingerprint density at radius 2 is 2.27 bits per heavy atom. The van der Waals surface area contributed by atoms with Crippen LogP contribution in [0.5, 0.6) is 0 Å². The summed E-state index contributed by atoms with van der Waals surface area (Å²) in [6.45, 7) is 5.28. The molecule has 0 aromatic carbocycles. The van der Waals surface area contributed by atoms with Gasteiger partial charge >= 0.3 is 0 Å². The van der Waals surface area contributed by atoms with Crippen LogP contribution in [0.1, 0.15) is 27.9 Å². The molecule has 3 heterocycles. The molecule has 2 aromatic heterocycles. The number of aromatic nitrogens is 2. The predicted molar refractivity (Wildman–Crippen MR) is 101 cm³/mol. The van der Waals surface area contributed by atoms with E-state index in [1.165, 1.54) is 27.3 Å². The van der Waals surface area contributed by atoms with E-state index in [1.54, 1.807) is 7.11 Å². The molecule has 1 aliphatic rings. The number of rotatable bonds is 7. The monoisotopic (exact) mass is 376 g/mol. The van der Waals surface area contributed by atoms with Crippen LogP contribution in [0.25, 0.3) is 0 Å². The van der Waals surface area contributed by atoms with Gasteiger partial charge in [-0.15, -0.1) is 11.3 Å². The highest BCUT2D eigenvalue weighted by Crippen LogP contribution is 2.24. The van der Waals surface area contributed by atoms with Crippen molar-refractivity contribution in [2.75, 3.05) is 26.8 Å². The Bertz CT molecular complexity index is 817. The summed E-state index contributed by atoms with van der Waals surface area (Å²) in [5.74, 6) is -0.267. The van der Waals surface area contributed by atoms with Crippen LogP contribution in [0.4, 0.5) is 0 Å². The molecule has 0 fully saturated rings. The zero-order valence-corrected chi connectivity index (χ0v) is 15.9. The van der Waals surface area contributed by atoms with Gasteiger partial charge in [-0.25, -0.2) is 4.68 Å². The number of ether oxygens (including phenoxy) is 1. The molecule has 0 bridgehead atoms. The number of nitrogens with zero attached hydrogens (tertiary/aromatic N) is 3. The van der Waals surface area contributed by atoms with Gasteiger partial charge in [0.15, 0.2) is 0 Å². The van der Waals surface area contributed by atoms with E-state index >= 15 is 0 Å². The van der Waals surface area contributed by atoms with E-state index in [4.69, 9.17) is 4.74 Å². The molecule has 1 aliphatic heterocycles. The number of nitrogens with one attached hydrogen (secondary N) is 1. The van der Waals surface area contributed by atoms with Crippen LogP contribution < -0.4 is 10.9 Å². The summed E-state index contributed by atoms with van der Waals surface area (Å²) in [6.07, 6.45) is 1.07. The average molecular weight is 376 g/mol. The molecule has 1 unspecified atom stereocenters. The van der Waals surface area contributed by atoms with Crippen molar-refractivity contribution in [2.24, 2.45) is 0 Å². The van der Waals surface area contributed by atoms with Crippen LogP contribution in [0.2, 0.25) is 0 Å². The second-order valence-electron chi connectivity index (χ2n) is 6.42. The van der Waals surface area contributed by atoms with Crippen molar-refractivity contribution in [3.8, 4) is 0 Å². The summed E-state index contributed by atoms with van der Waals surface area (Å²) in [6, 6.07) is 5.24. The number of thiophene rings is 1. The second kappa shape index (κ2) is 8.57. The molecule has 26 heavy (non-hydrogen) atoms. The molecule has 1 N–H and O–H groups in total. The molecule has 8 heteroatoms. The molecule has 0 aliphatic carbocycles. The van der Waals surface area contributed by atoms with Gasteiger partial charge in [-0.2, -0.15) is 5.10 Å². The first-order chi connectivity index (χ1) is 12.6. The first-order valence-corrected chi connectivity index (χ1v) is 9.61. The van der Waals surface area contributed by atoms with Crippen LogP contribution in [-0.2, 0) is 24.2 Å². The first kappa shape index (κ1) is 18.8. The van der Waals surface area contributed by atoms with Crippen LogP contribution in [0, 0.1) is 0 Å². The maximum Gasteiger partial charge on any atom is 0.271 e. The summed E-state index contributed by atoms with van der Waals surface area (Å²) in [4.78, 5) is 28.0. The molecule has 2 aromatic rings. The zero-order chi connectivity index (χ0) is 18.5. The van der Waals surface area contributed by atoms with Gasteiger partial charge in [0.25, 0.3) is 11.5 Å². The summed E-state index contributed by atoms with van der Waals surface area (Å²) in [5.41, 5.74) is 1.39. The Hall–Kier alpha value is -2.03. The van der Waals surface area contributed by atoms with Crippen molar-refractivity contribution in [1.82, 2.24) is 20.0 Å². The number of fused-ring (bicyclic) bond motifs is 1. The largest absolute Gasteiger partial charge is 0.383 e. The van der Waals surface area contributed by atoms with Gasteiger partial charge in [0.2, 0.25) is 0 Å². The Morgan fingerprint density at radius 3 is 3.08 bits per heavy atom. The maximum absolute atomic E-state index is 12.4. The Kier molecular flexibility index (Phi) is 6.18. The molecule has 3 rings (SSSR count). The van der Waals surface area contributed by atoms with Crippen molar-refractivity contribution in [3.63, 3.8) is 0 Å². The fourth-order valence-electron chi connectivity index (χ4n) is 3.01. The number of carbonyl (C=O) groups excluding carboxylic acids is 1. The van der Waals surface area contributed by atoms with E-state index in [9.17, 15) is 9.59 Å². The molecule has 1 amide bonds. The Balaban J connectivity index is 1.56. The smallest absolute Gasteiger partial charge is 0.271 e. The molecule has 0 radical (unpaired) electrons. The summed E-state index contributed by atoms with van der Waals surface area (Å²) >= 11 is 1.82. The number of hydrogen-bond acceptors (Lipinski definition) is 6. The van der Waals surface area contributed by atoms with E-state index in [0.717, 1.165) is 19.5 Å². The van der Waals surface area contributed by atoms with E-state index in [1.807, 2.05) is 11.3 Å². The quantitative estimate of drug-likeness (QED) is 0.784.